The van der Waals surface area contributed by atoms with Gasteiger partial charge in [0.25, 0.3) is 5.91 Å². The van der Waals surface area contributed by atoms with Gasteiger partial charge in [0.1, 0.15) is 17.0 Å². The number of hydrogen-bond acceptors (Lipinski definition) is 3. The van der Waals surface area contributed by atoms with Gasteiger partial charge in [0.2, 0.25) is 5.91 Å². The number of halogens is 2. The smallest absolute Gasteiger partial charge is 0.253 e. The number of benzene rings is 2. The van der Waals surface area contributed by atoms with Crippen molar-refractivity contribution in [1.29, 1.82) is 0 Å². The molecule has 0 N–H and O–H groups in total. The zero-order valence-corrected chi connectivity index (χ0v) is 16.6. The van der Waals surface area contributed by atoms with Gasteiger partial charge < -0.3 is 9.80 Å². The Hall–Kier alpha value is -2.41. The van der Waals surface area contributed by atoms with E-state index in [0.717, 1.165) is 5.56 Å². The largest absolute Gasteiger partial charge is 0.342 e. The van der Waals surface area contributed by atoms with Crippen molar-refractivity contribution < 1.29 is 18.4 Å². The Kier molecular flexibility index (Phi) is 6.34. The zero-order chi connectivity index (χ0) is 20.3. The summed E-state index contributed by atoms with van der Waals surface area (Å²) in [6.45, 7) is 2.84. The van der Waals surface area contributed by atoms with E-state index in [4.69, 9.17) is 0 Å². The number of thioether (sulfide) groups is 1. The Labute approximate surface area is 167 Å². The number of carbonyl (C=O) groups is 2. The first-order chi connectivity index (χ1) is 13.4. The molecule has 0 saturated carbocycles. The minimum Gasteiger partial charge on any atom is -0.342 e. The molecule has 7 heteroatoms. The summed E-state index contributed by atoms with van der Waals surface area (Å²) in [6, 6.07) is 11.6. The number of carbonyl (C=O) groups excluding carboxylic acids is 2. The van der Waals surface area contributed by atoms with Gasteiger partial charge in [-0.05, 0) is 55.3 Å². The van der Waals surface area contributed by atoms with E-state index in [-0.39, 0.29) is 34.1 Å². The van der Waals surface area contributed by atoms with E-state index in [1.54, 1.807) is 40.7 Å². The van der Waals surface area contributed by atoms with E-state index in [9.17, 15) is 18.4 Å². The van der Waals surface area contributed by atoms with Gasteiger partial charge in [-0.3, -0.25) is 9.59 Å². The summed E-state index contributed by atoms with van der Waals surface area (Å²) in [5, 5.41) is -0.310. The van der Waals surface area contributed by atoms with Gasteiger partial charge in [-0.25, -0.2) is 8.78 Å². The van der Waals surface area contributed by atoms with Gasteiger partial charge >= 0.3 is 0 Å². The lowest BCUT2D eigenvalue weighted by molar-refractivity contribution is -0.129. The van der Waals surface area contributed by atoms with Gasteiger partial charge in [0.15, 0.2) is 0 Å². The van der Waals surface area contributed by atoms with Crippen LogP contribution in [0.3, 0.4) is 0 Å². The van der Waals surface area contributed by atoms with E-state index in [0.29, 0.717) is 25.1 Å². The highest BCUT2D eigenvalue weighted by Gasteiger charge is 2.38. The molecule has 0 aliphatic carbocycles. The summed E-state index contributed by atoms with van der Waals surface area (Å²) in [5.41, 5.74) is 1.31. The maximum Gasteiger partial charge on any atom is 0.253 e. The minimum absolute atomic E-state index is 0.0480. The summed E-state index contributed by atoms with van der Waals surface area (Å²) in [7, 11) is 1.69. The molecule has 3 rings (SSSR count). The van der Waals surface area contributed by atoms with Gasteiger partial charge in [0, 0.05) is 25.7 Å². The van der Waals surface area contributed by atoms with Crippen LogP contribution in [0.2, 0.25) is 0 Å². The first-order valence-corrected chi connectivity index (χ1v) is 10.0. The number of amides is 2. The Bertz CT molecular complexity index is 842. The lowest BCUT2D eigenvalue weighted by Crippen LogP contribution is -2.34. The van der Waals surface area contributed by atoms with Crippen molar-refractivity contribution in [3.8, 4) is 0 Å². The quantitative estimate of drug-likeness (QED) is 0.728. The molecule has 0 radical (unpaired) electrons. The molecule has 1 fully saturated rings. The van der Waals surface area contributed by atoms with Crippen LogP contribution in [0.5, 0.6) is 0 Å². The monoisotopic (exact) mass is 404 g/mol. The fraction of sp³-hybridized carbons (Fsp3) is 0.333. The highest BCUT2D eigenvalue weighted by atomic mass is 32.2. The maximum absolute atomic E-state index is 13.2. The van der Waals surface area contributed by atoms with Crippen LogP contribution in [0.15, 0.2) is 48.5 Å². The topological polar surface area (TPSA) is 40.6 Å². The Morgan fingerprint density at radius 2 is 1.64 bits per heavy atom. The van der Waals surface area contributed by atoms with Crippen molar-refractivity contribution in [2.45, 2.75) is 24.0 Å². The number of nitrogens with zero attached hydrogens (tertiary/aromatic N) is 2. The molecule has 1 aliphatic rings. The molecule has 2 amide bonds. The van der Waals surface area contributed by atoms with E-state index in [1.165, 1.54) is 36.4 Å². The van der Waals surface area contributed by atoms with Crippen molar-refractivity contribution in [1.82, 2.24) is 9.80 Å². The lowest BCUT2D eigenvalue weighted by Gasteiger charge is -2.25. The van der Waals surface area contributed by atoms with E-state index < -0.39 is 0 Å². The molecule has 28 heavy (non-hydrogen) atoms. The van der Waals surface area contributed by atoms with Crippen molar-refractivity contribution >= 4 is 23.6 Å². The molecule has 2 atom stereocenters. The number of rotatable bonds is 6. The average molecular weight is 404 g/mol. The minimum atomic E-state index is -0.384. The zero-order valence-electron chi connectivity index (χ0n) is 15.8. The summed E-state index contributed by atoms with van der Waals surface area (Å²) in [6.07, 6.45) is 0.611. The third-order valence-electron chi connectivity index (χ3n) is 4.73. The maximum atomic E-state index is 13.2. The van der Waals surface area contributed by atoms with Crippen LogP contribution in [0.4, 0.5) is 8.78 Å². The molecular weight excluding hydrogens is 382 g/mol. The van der Waals surface area contributed by atoms with Crippen molar-refractivity contribution in [2.75, 3.05) is 20.1 Å². The Morgan fingerprint density at radius 1 is 1.07 bits per heavy atom. The second-order valence-electron chi connectivity index (χ2n) is 6.80. The standard InChI is InChI=1S/C21H22F2N2O2S/c1-14-19(26)25(21(28-14)16-6-10-18(23)11-7-16)13-3-12-24(2)20(27)15-4-8-17(22)9-5-15/h4-11,14,21H,3,12-13H2,1-2H3. The van der Waals surface area contributed by atoms with Gasteiger partial charge in [-0.2, -0.15) is 0 Å². The lowest BCUT2D eigenvalue weighted by atomic mass is 10.2. The molecule has 1 heterocycles. The fourth-order valence-corrected chi connectivity index (χ4v) is 4.49. The Balaban J connectivity index is 1.60. The van der Waals surface area contributed by atoms with Crippen LogP contribution in [-0.4, -0.2) is 47.0 Å². The molecular formula is C21H22F2N2O2S. The molecule has 0 bridgehead atoms. The van der Waals surface area contributed by atoms with Crippen LogP contribution in [-0.2, 0) is 4.79 Å². The molecule has 1 aliphatic heterocycles. The molecule has 2 aromatic carbocycles. The highest BCUT2D eigenvalue weighted by molar-refractivity contribution is 8.01. The molecule has 0 aromatic heterocycles. The number of hydrogen-bond donors (Lipinski definition) is 0. The second kappa shape index (κ2) is 8.73. The van der Waals surface area contributed by atoms with Gasteiger partial charge in [-0.15, -0.1) is 11.8 Å². The summed E-state index contributed by atoms with van der Waals surface area (Å²) < 4.78 is 26.2. The molecule has 4 nitrogen and oxygen atoms in total. The van der Waals surface area contributed by atoms with E-state index >= 15 is 0 Å². The second-order valence-corrected chi connectivity index (χ2v) is 8.23. The van der Waals surface area contributed by atoms with E-state index in [2.05, 4.69) is 0 Å². The highest BCUT2D eigenvalue weighted by Crippen LogP contribution is 2.42. The van der Waals surface area contributed by atoms with Crippen molar-refractivity contribution in [3.63, 3.8) is 0 Å². The first kappa shape index (κ1) is 20.3. The van der Waals surface area contributed by atoms with Crippen molar-refractivity contribution in [3.05, 3.63) is 71.3 Å². The van der Waals surface area contributed by atoms with Gasteiger partial charge in [-0.1, -0.05) is 12.1 Å². The van der Waals surface area contributed by atoms with E-state index in [1.807, 2.05) is 6.92 Å². The molecule has 1 saturated heterocycles. The van der Waals surface area contributed by atoms with Gasteiger partial charge in [0.05, 0.1) is 5.25 Å². The molecule has 0 spiro atoms. The van der Waals surface area contributed by atoms with Crippen LogP contribution in [0, 0.1) is 11.6 Å². The average Bonchev–Trinajstić information content (AvgIpc) is 2.97. The summed E-state index contributed by atoms with van der Waals surface area (Å²) in [5.74, 6) is -0.832. The summed E-state index contributed by atoms with van der Waals surface area (Å²) >= 11 is 1.54. The molecule has 2 unspecified atom stereocenters. The molecule has 2 aromatic rings. The van der Waals surface area contributed by atoms with Crippen molar-refractivity contribution in [2.24, 2.45) is 0 Å². The summed E-state index contributed by atoms with van der Waals surface area (Å²) in [4.78, 5) is 28.3. The van der Waals surface area contributed by atoms with Crippen LogP contribution in [0.25, 0.3) is 0 Å². The first-order valence-electron chi connectivity index (χ1n) is 9.09. The predicted molar refractivity (Wildman–Crippen MR) is 106 cm³/mol. The van der Waals surface area contributed by atoms with Crippen LogP contribution in [0.1, 0.15) is 34.6 Å². The SMILES string of the molecule is CC1SC(c2ccc(F)cc2)N(CCCN(C)C(=O)c2ccc(F)cc2)C1=O. The Morgan fingerprint density at radius 3 is 2.25 bits per heavy atom. The fourth-order valence-electron chi connectivity index (χ4n) is 3.18. The molecule has 148 valence electrons. The predicted octanol–water partition coefficient (Wildman–Crippen LogP) is 4.09. The van der Waals surface area contributed by atoms with Crippen LogP contribution >= 0.6 is 11.8 Å². The third kappa shape index (κ3) is 4.52. The normalized spacial score (nSPS) is 19.1. The third-order valence-corrected chi connectivity index (χ3v) is 6.13. The van der Waals surface area contributed by atoms with Crippen LogP contribution < -0.4 is 0 Å².